The SMILES string of the molecule is O=C(CSc1cccc(C(F)(F)F)c1)N[C@H]1CCCc2ccccc21. The van der Waals surface area contributed by atoms with E-state index in [0.717, 1.165) is 48.7 Å². The van der Waals surface area contributed by atoms with Crippen LogP contribution in [0.25, 0.3) is 0 Å². The molecule has 2 aromatic carbocycles. The van der Waals surface area contributed by atoms with Gasteiger partial charge in [0.05, 0.1) is 17.4 Å². The van der Waals surface area contributed by atoms with Gasteiger partial charge in [-0.3, -0.25) is 4.79 Å². The number of carbonyl (C=O) groups is 1. The Balaban J connectivity index is 1.59. The summed E-state index contributed by atoms with van der Waals surface area (Å²) in [4.78, 5) is 12.7. The minimum Gasteiger partial charge on any atom is -0.349 e. The number of aryl methyl sites for hydroxylation is 1. The van der Waals surface area contributed by atoms with Gasteiger partial charge in [-0.05, 0) is 48.6 Å². The molecule has 2 nitrogen and oxygen atoms in total. The van der Waals surface area contributed by atoms with Gasteiger partial charge in [0.15, 0.2) is 0 Å². The van der Waals surface area contributed by atoms with E-state index >= 15 is 0 Å². The predicted octanol–water partition coefficient (Wildman–Crippen LogP) is 4.99. The van der Waals surface area contributed by atoms with Crippen molar-refractivity contribution in [2.45, 2.75) is 36.4 Å². The largest absolute Gasteiger partial charge is 0.416 e. The van der Waals surface area contributed by atoms with Gasteiger partial charge in [0, 0.05) is 4.90 Å². The van der Waals surface area contributed by atoms with Gasteiger partial charge in [0.25, 0.3) is 0 Å². The number of fused-ring (bicyclic) bond motifs is 1. The van der Waals surface area contributed by atoms with Crippen LogP contribution in [0.1, 0.15) is 35.6 Å². The minimum absolute atomic E-state index is 0.0143. The van der Waals surface area contributed by atoms with Gasteiger partial charge in [-0.25, -0.2) is 0 Å². The van der Waals surface area contributed by atoms with E-state index < -0.39 is 11.7 Å². The fourth-order valence-electron chi connectivity index (χ4n) is 3.05. The predicted molar refractivity (Wildman–Crippen MR) is 92.4 cm³/mol. The van der Waals surface area contributed by atoms with Crippen LogP contribution >= 0.6 is 11.8 Å². The lowest BCUT2D eigenvalue weighted by Gasteiger charge is -2.26. The first-order chi connectivity index (χ1) is 11.9. The third-order valence-corrected chi connectivity index (χ3v) is 5.23. The van der Waals surface area contributed by atoms with Crippen molar-refractivity contribution in [1.29, 1.82) is 0 Å². The Labute approximate surface area is 148 Å². The second-order valence-corrected chi connectivity index (χ2v) is 7.07. The fourth-order valence-corrected chi connectivity index (χ4v) is 3.82. The summed E-state index contributed by atoms with van der Waals surface area (Å²) in [6.45, 7) is 0. The van der Waals surface area contributed by atoms with E-state index in [4.69, 9.17) is 0 Å². The highest BCUT2D eigenvalue weighted by atomic mass is 32.2. The smallest absolute Gasteiger partial charge is 0.349 e. The number of alkyl halides is 3. The number of hydrogen-bond donors (Lipinski definition) is 1. The summed E-state index contributed by atoms with van der Waals surface area (Å²) in [5.41, 5.74) is 1.70. The Morgan fingerprint density at radius 3 is 2.76 bits per heavy atom. The van der Waals surface area contributed by atoms with Crippen molar-refractivity contribution in [1.82, 2.24) is 5.32 Å². The summed E-state index contributed by atoms with van der Waals surface area (Å²) in [7, 11) is 0. The lowest BCUT2D eigenvalue weighted by molar-refractivity contribution is -0.137. The first-order valence-corrected chi connectivity index (χ1v) is 9.09. The first-order valence-electron chi connectivity index (χ1n) is 8.11. The van der Waals surface area contributed by atoms with Crippen LogP contribution in [0.5, 0.6) is 0 Å². The highest BCUT2D eigenvalue weighted by Crippen LogP contribution is 2.32. The molecule has 25 heavy (non-hydrogen) atoms. The van der Waals surface area contributed by atoms with Crippen molar-refractivity contribution in [3.8, 4) is 0 Å². The number of rotatable bonds is 4. The maximum absolute atomic E-state index is 12.7. The summed E-state index contributed by atoms with van der Waals surface area (Å²) in [5, 5.41) is 3.01. The van der Waals surface area contributed by atoms with Crippen molar-refractivity contribution >= 4 is 17.7 Å². The molecule has 132 valence electrons. The maximum atomic E-state index is 12.7. The second kappa shape index (κ2) is 7.52. The van der Waals surface area contributed by atoms with Gasteiger partial charge in [-0.2, -0.15) is 13.2 Å². The van der Waals surface area contributed by atoms with Crippen LogP contribution in [0.2, 0.25) is 0 Å². The van der Waals surface area contributed by atoms with E-state index in [2.05, 4.69) is 11.4 Å². The van der Waals surface area contributed by atoms with Crippen LogP contribution in [0.3, 0.4) is 0 Å². The molecule has 1 atom stereocenters. The van der Waals surface area contributed by atoms with E-state index in [1.165, 1.54) is 11.6 Å². The van der Waals surface area contributed by atoms with Crippen LogP contribution in [0, 0.1) is 0 Å². The zero-order chi connectivity index (χ0) is 17.9. The van der Waals surface area contributed by atoms with Crippen molar-refractivity contribution in [2.24, 2.45) is 0 Å². The van der Waals surface area contributed by atoms with Gasteiger partial charge >= 0.3 is 6.18 Å². The van der Waals surface area contributed by atoms with Crippen LogP contribution in [-0.4, -0.2) is 11.7 Å². The van der Waals surface area contributed by atoms with Gasteiger partial charge in [-0.1, -0.05) is 30.3 Å². The summed E-state index contributed by atoms with van der Waals surface area (Å²) >= 11 is 1.12. The van der Waals surface area contributed by atoms with E-state index in [1.807, 2.05) is 18.2 Å². The molecule has 0 saturated heterocycles. The molecular weight excluding hydrogens is 347 g/mol. The minimum atomic E-state index is -4.37. The topological polar surface area (TPSA) is 29.1 Å². The quantitative estimate of drug-likeness (QED) is 0.774. The van der Waals surface area contributed by atoms with Crippen molar-refractivity contribution in [2.75, 3.05) is 5.75 Å². The summed E-state index contributed by atoms with van der Waals surface area (Å²) < 4.78 is 38.2. The van der Waals surface area contributed by atoms with E-state index in [0.29, 0.717) is 4.90 Å². The molecular formula is C19H18F3NOS. The molecule has 1 amide bonds. The van der Waals surface area contributed by atoms with Gasteiger partial charge < -0.3 is 5.32 Å². The molecule has 3 rings (SSSR count). The van der Waals surface area contributed by atoms with Gasteiger partial charge in [-0.15, -0.1) is 11.8 Å². The Morgan fingerprint density at radius 1 is 1.16 bits per heavy atom. The highest BCUT2D eigenvalue weighted by molar-refractivity contribution is 8.00. The lowest BCUT2D eigenvalue weighted by Crippen LogP contribution is -2.32. The molecule has 0 aromatic heterocycles. The Morgan fingerprint density at radius 2 is 1.96 bits per heavy atom. The summed E-state index contributed by atoms with van der Waals surface area (Å²) in [5.74, 6) is -0.0657. The molecule has 0 aliphatic heterocycles. The average Bonchev–Trinajstić information content (AvgIpc) is 2.60. The molecule has 6 heteroatoms. The molecule has 1 aliphatic rings. The van der Waals surface area contributed by atoms with Crippen molar-refractivity contribution in [3.63, 3.8) is 0 Å². The van der Waals surface area contributed by atoms with E-state index in [1.54, 1.807) is 6.07 Å². The van der Waals surface area contributed by atoms with Gasteiger partial charge in [0.2, 0.25) is 5.91 Å². The number of nitrogens with one attached hydrogen (secondary N) is 1. The van der Waals surface area contributed by atoms with E-state index in [9.17, 15) is 18.0 Å². The maximum Gasteiger partial charge on any atom is 0.416 e. The monoisotopic (exact) mass is 365 g/mol. The summed E-state index contributed by atoms with van der Waals surface area (Å²) in [6.07, 6.45) is -1.45. The number of carbonyl (C=O) groups excluding carboxylic acids is 1. The van der Waals surface area contributed by atoms with Crippen LogP contribution < -0.4 is 5.32 Å². The second-order valence-electron chi connectivity index (χ2n) is 6.03. The number of benzene rings is 2. The number of thioether (sulfide) groups is 1. The molecule has 0 radical (unpaired) electrons. The molecule has 0 spiro atoms. The molecule has 0 unspecified atom stereocenters. The fraction of sp³-hybridized carbons (Fsp3) is 0.316. The van der Waals surface area contributed by atoms with E-state index in [-0.39, 0.29) is 17.7 Å². The Hall–Kier alpha value is -1.95. The average molecular weight is 365 g/mol. The lowest BCUT2D eigenvalue weighted by atomic mass is 9.88. The van der Waals surface area contributed by atoms with Gasteiger partial charge in [0.1, 0.15) is 0 Å². The molecule has 0 heterocycles. The Bertz CT molecular complexity index is 760. The normalized spacial score (nSPS) is 17.0. The van der Waals surface area contributed by atoms with Crippen LogP contribution in [0.15, 0.2) is 53.4 Å². The van der Waals surface area contributed by atoms with Crippen LogP contribution in [-0.2, 0) is 17.4 Å². The third-order valence-electron chi connectivity index (χ3n) is 4.24. The zero-order valence-electron chi connectivity index (χ0n) is 13.5. The first kappa shape index (κ1) is 17.9. The molecule has 2 aromatic rings. The number of amides is 1. The molecule has 1 aliphatic carbocycles. The third kappa shape index (κ3) is 4.57. The number of halogens is 3. The molecule has 0 bridgehead atoms. The Kier molecular flexibility index (Phi) is 5.37. The summed E-state index contributed by atoms with van der Waals surface area (Å²) in [6, 6.07) is 13.1. The highest BCUT2D eigenvalue weighted by Gasteiger charge is 2.30. The molecule has 0 saturated carbocycles. The van der Waals surface area contributed by atoms with Crippen molar-refractivity contribution < 1.29 is 18.0 Å². The molecule has 0 fully saturated rings. The molecule has 1 N–H and O–H groups in total. The zero-order valence-corrected chi connectivity index (χ0v) is 14.3. The van der Waals surface area contributed by atoms with Crippen molar-refractivity contribution in [3.05, 3.63) is 65.2 Å². The van der Waals surface area contributed by atoms with Crippen LogP contribution in [0.4, 0.5) is 13.2 Å². The number of hydrogen-bond acceptors (Lipinski definition) is 2. The standard InChI is InChI=1S/C19H18F3NOS/c20-19(21,22)14-7-4-8-15(11-14)25-12-18(24)23-17-10-3-6-13-5-1-2-9-16(13)17/h1-2,4-5,7-9,11,17H,3,6,10,12H2,(H,23,24)/t17-/m0/s1.